The number of carboxylic acids is 1. The number of nitrogens with zero attached hydrogens (tertiary/aromatic N) is 1. The van der Waals surface area contributed by atoms with Crippen LogP contribution in [0, 0.1) is 21.7 Å². The van der Waals surface area contributed by atoms with Crippen LogP contribution in [0.25, 0.3) is 0 Å². The fourth-order valence-corrected chi connectivity index (χ4v) is 1.19. The highest BCUT2D eigenvalue weighted by atomic mass is 19.2. The molecule has 0 saturated carbocycles. The van der Waals surface area contributed by atoms with Crippen molar-refractivity contribution in [2.45, 2.75) is 12.8 Å². The van der Waals surface area contributed by atoms with Gasteiger partial charge in [-0.3, -0.25) is 14.9 Å². The number of hydrogen-bond acceptors (Lipinski definition) is 3. The maximum atomic E-state index is 12.8. The van der Waals surface area contributed by atoms with Crippen LogP contribution in [0.5, 0.6) is 0 Å². The molecule has 7 heteroatoms. The second-order valence-electron chi connectivity index (χ2n) is 3.05. The lowest BCUT2D eigenvalue weighted by Gasteiger charge is -2.02. The van der Waals surface area contributed by atoms with Gasteiger partial charge < -0.3 is 5.11 Å². The Morgan fingerprint density at radius 1 is 1.38 bits per heavy atom. The molecule has 1 N–H and O–H groups in total. The lowest BCUT2D eigenvalue weighted by atomic mass is 10.1. The summed E-state index contributed by atoms with van der Waals surface area (Å²) >= 11 is 0. The first kappa shape index (κ1) is 12.0. The molecule has 86 valence electrons. The number of benzene rings is 1. The average molecular weight is 231 g/mol. The van der Waals surface area contributed by atoms with Crippen molar-refractivity contribution < 1.29 is 23.6 Å². The first-order chi connectivity index (χ1) is 7.41. The first-order valence-corrected chi connectivity index (χ1v) is 4.26. The van der Waals surface area contributed by atoms with Crippen LogP contribution >= 0.6 is 0 Å². The van der Waals surface area contributed by atoms with Gasteiger partial charge in [-0.2, -0.15) is 0 Å². The van der Waals surface area contributed by atoms with Crippen molar-refractivity contribution in [1.29, 1.82) is 0 Å². The molecular weight excluding hydrogens is 224 g/mol. The average Bonchev–Trinajstić information content (AvgIpc) is 2.18. The maximum absolute atomic E-state index is 12.8. The van der Waals surface area contributed by atoms with E-state index in [4.69, 9.17) is 5.11 Å². The molecule has 16 heavy (non-hydrogen) atoms. The number of hydrogen-bond donors (Lipinski definition) is 1. The van der Waals surface area contributed by atoms with E-state index in [2.05, 4.69) is 0 Å². The number of carboxylic acid groups (broad SMARTS) is 1. The molecule has 0 aliphatic rings. The van der Waals surface area contributed by atoms with E-state index in [1.165, 1.54) is 0 Å². The molecule has 1 aromatic carbocycles. The van der Waals surface area contributed by atoms with Gasteiger partial charge in [-0.05, 0) is 12.5 Å². The minimum absolute atomic E-state index is 0.133. The molecule has 0 atom stereocenters. The summed E-state index contributed by atoms with van der Waals surface area (Å²) in [5, 5.41) is 18.9. The summed E-state index contributed by atoms with van der Waals surface area (Å²) < 4.78 is 25.5. The van der Waals surface area contributed by atoms with Gasteiger partial charge in [-0.25, -0.2) is 8.78 Å². The van der Waals surface area contributed by atoms with Gasteiger partial charge in [0.15, 0.2) is 11.6 Å². The van der Waals surface area contributed by atoms with Crippen molar-refractivity contribution in [2.75, 3.05) is 0 Å². The van der Waals surface area contributed by atoms with Crippen molar-refractivity contribution >= 4 is 11.7 Å². The fourth-order valence-electron chi connectivity index (χ4n) is 1.19. The molecule has 1 aromatic rings. The van der Waals surface area contributed by atoms with Gasteiger partial charge in [-0.15, -0.1) is 0 Å². The summed E-state index contributed by atoms with van der Waals surface area (Å²) in [4.78, 5) is 19.9. The molecule has 0 aliphatic carbocycles. The number of aryl methyl sites for hydroxylation is 1. The number of nitro groups is 1. The standard InChI is InChI=1S/C9H7F2NO4/c10-6-3-5(1-2-9(13)14)8(12(15)16)4-7(6)11/h3-4H,1-2H2,(H,13,14). The fraction of sp³-hybridized carbons (Fsp3) is 0.222. The minimum Gasteiger partial charge on any atom is -0.481 e. The monoisotopic (exact) mass is 231 g/mol. The molecule has 0 bridgehead atoms. The first-order valence-electron chi connectivity index (χ1n) is 4.26. The van der Waals surface area contributed by atoms with E-state index in [1.54, 1.807) is 0 Å². The summed E-state index contributed by atoms with van der Waals surface area (Å²) in [5.41, 5.74) is -0.744. The Labute approximate surface area is 88.5 Å². The second kappa shape index (κ2) is 4.65. The van der Waals surface area contributed by atoms with E-state index < -0.39 is 28.2 Å². The molecule has 0 unspecified atom stereocenters. The van der Waals surface area contributed by atoms with Crippen LogP contribution in [0.1, 0.15) is 12.0 Å². The van der Waals surface area contributed by atoms with E-state index in [0.29, 0.717) is 12.1 Å². The van der Waals surface area contributed by atoms with E-state index >= 15 is 0 Å². The zero-order valence-electron chi connectivity index (χ0n) is 7.94. The van der Waals surface area contributed by atoms with Crippen LogP contribution in [0.15, 0.2) is 12.1 Å². The van der Waals surface area contributed by atoms with E-state index in [-0.39, 0.29) is 18.4 Å². The molecule has 0 heterocycles. The number of nitro benzene ring substituents is 1. The second-order valence-corrected chi connectivity index (χ2v) is 3.05. The summed E-state index contributed by atoms with van der Waals surface area (Å²) in [5.74, 6) is -3.73. The van der Waals surface area contributed by atoms with Gasteiger partial charge in [0.1, 0.15) is 0 Å². The van der Waals surface area contributed by atoms with Gasteiger partial charge >= 0.3 is 5.97 Å². The molecular formula is C9H7F2NO4. The molecule has 0 spiro atoms. The number of aliphatic carboxylic acids is 1. The Morgan fingerprint density at radius 2 is 1.94 bits per heavy atom. The summed E-state index contributed by atoms with van der Waals surface area (Å²) in [6, 6.07) is 1.10. The van der Waals surface area contributed by atoms with Gasteiger partial charge in [0.05, 0.1) is 11.0 Å². The van der Waals surface area contributed by atoms with Crippen LogP contribution in [0.3, 0.4) is 0 Å². The number of rotatable bonds is 4. The van der Waals surface area contributed by atoms with Crippen molar-refractivity contribution in [3.05, 3.63) is 39.4 Å². The SMILES string of the molecule is O=C(O)CCc1cc(F)c(F)cc1[N+](=O)[O-]. The normalized spacial score (nSPS) is 10.1. The highest BCUT2D eigenvalue weighted by molar-refractivity contribution is 5.67. The zero-order chi connectivity index (χ0) is 12.3. The number of halogens is 2. The predicted molar refractivity (Wildman–Crippen MR) is 49.0 cm³/mol. The van der Waals surface area contributed by atoms with E-state index in [0.717, 1.165) is 0 Å². The van der Waals surface area contributed by atoms with Crippen LogP contribution in [0.4, 0.5) is 14.5 Å². The summed E-state index contributed by atoms with van der Waals surface area (Å²) in [7, 11) is 0. The molecule has 0 radical (unpaired) electrons. The van der Waals surface area contributed by atoms with Crippen molar-refractivity contribution in [3.8, 4) is 0 Å². The topological polar surface area (TPSA) is 80.4 Å². The lowest BCUT2D eigenvalue weighted by Crippen LogP contribution is -2.02. The maximum Gasteiger partial charge on any atom is 0.303 e. The van der Waals surface area contributed by atoms with Crippen molar-refractivity contribution in [1.82, 2.24) is 0 Å². The Morgan fingerprint density at radius 3 is 2.44 bits per heavy atom. The number of carbonyl (C=O) groups is 1. The quantitative estimate of drug-likeness (QED) is 0.633. The third-order valence-corrected chi connectivity index (χ3v) is 1.93. The van der Waals surface area contributed by atoms with Gasteiger partial charge in [0.2, 0.25) is 0 Å². The minimum atomic E-state index is -1.33. The van der Waals surface area contributed by atoms with Gasteiger partial charge in [0.25, 0.3) is 5.69 Å². The smallest absolute Gasteiger partial charge is 0.303 e. The Bertz CT molecular complexity index is 447. The Hall–Kier alpha value is -2.05. The van der Waals surface area contributed by atoms with Crippen LogP contribution in [-0.2, 0) is 11.2 Å². The van der Waals surface area contributed by atoms with E-state index in [1.807, 2.05) is 0 Å². The molecule has 0 saturated heterocycles. The Kier molecular flexibility index (Phi) is 3.49. The van der Waals surface area contributed by atoms with Crippen LogP contribution < -0.4 is 0 Å². The lowest BCUT2D eigenvalue weighted by molar-refractivity contribution is -0.385. The largest absolute Gasteiger partial charge is 0.481 e. The Balaban J connectivity index is 3.09. The molecule has 1 rings (SSSR count). The molecule has 0 amide bonds. The molecule has 5 nitrogen and oxygen atoms in total. The third-order valence-electron chi connectivity index (χ3n) is 1.93. The van der Waals surface area contributed by atoms with Gasteiger partial charge in [-0.1, -0.05) is 0 Å². The molecule has 0 aliphatic heterocycles. The third kappa shape index (κ3) is 2.72. The van der Waals surface area contributed by atoms with Crippen LogP contribution in [-0.4, -0.2) is 16.0 Å². The highest BCUT2D eigenvalue weighted by Gasteiger charge is 2.18. The van der Waals surface area contributed by atoms with Gasteiger partial charge in [0, 0.05) is 12.0 Å². The van der Waals surface area contributed by atoms with Crippen molar-refractivity contribution in [3.63, 3.8) is 0 Å². The highest BCUT2D eigenvalue weighted by Crippen LogP contribution is 2.23. The molecule has 0 fully saturated rings. The molecule has 0 aromatic heterocycles. The predicted octanol–water partition coefficient (Wildman–Crippen LogP) is 1.89. The van der Waals surface area contributed by atoms with E-state index in [9.17, 15) is 23.7 Å². The van der Waals surface area contributed by atoms with Crippen LogP contribution in [0.2, 0.25) is 0 Å². The van der Waals surface area contributed by atoms with Crippen molar-refractivity contribution in [2.24, 2.45) is 0 Å². The summed E-state index contributed by atoms with van der Waals surface area (Å²) in [6.07, 6.45) is -0.602. The zero-order valence-corrected chi connectivity index (χ0v) is 7.94. The summed E-state index contributed by atoms with van der Waals surface area (Å²) in [6.45, 7) is 0.